The lowest BCUT2D eigenvalue weighted by atomic mass is 9.89. The molecule has 0 unspecified atom stereocenters. The average molecular weight is 247 g/mol. The summed E-state index contributed by atoms with van der Waals surface area (Å²) in [6.07, 6.45) is 6.68. The van der Waals surface area contributed by atoms with E-state index in [4.69, 9.17) is 4.74 Å². The molecule has 0 heterocycles. The van der Waals surface area contributed by atoms with Crippen LogP contribution in [0.5, 0.6) is 5.75 Å². The third kappa shape index (κ3) is 4.34. The molecule has 1 fully saturated rings. The van der Waals surface area contributed by atoms with Gasteiger partial charge in [0.15, 0.2) is 0 Å². The van der Waals surface area contributed by atoms with Crippen LogP contribution in [0.15, 0.2) is 30.3 Å². The van der Waals surface area contributed by atoms with Crippen LogP contribution < -0.4 is 10.1 Å². The predicted octanol–water partition coefficient (Wildman–Crippen LogP) is 3.63. The molecule has 0 atom stereocenters. The summed E-state index contributed by atoms with van der Waals surface area (Å²) in [4.78, 5) is 0. The van der Waals surface area contributed by atoms with Gasteiger partial charge in [-0.3, -0.25) is 0 Å². The first-order chi connectivity index (χ1) is 8.79. The van der Waals surface area contributed by atoms with Crippen molar-refractivity contribution in [3.63, 3.8) is 0 Å². The molecule has 1 saturated carbocycles. The zero-order chi connectivity index (χ0) is 12.7. The highest BCUT2D eigenvalue weighted by molar-refractivity contribution is 5.20. The highest BCUT2D eigenvalue weighted by Crippen LogP contribution is 2.36. The maximum absolute atomic E-state index is 5.66. The van der Waals surface area contributed by atoms with Gasteiger partial charge in [0, 0.05) is 6.54 Å². The Labute approximate surface area is 111 Å². The van der Waals surface area contributed by atoms with Gasteiger partial charge in [-0.05, 0) is 43.4 Å². The number of para-hydroxylation sites is 1. The summed E-state index contributed by atoms with van der Waals surface area (Å²) in [6.45, 7) is 5.43. The topological polar surface area (TPSA) is 21.3 Å². The summed E-state index contributed by atoms with van der Waals surface area (Å²) in [5.74, 6) is 0.972. The highest BCUT2D eigenvalue weighted by atomic mass is 16.5. The van der Waals surface area contributed by atoms with Gasteiger partial charge in [-0.2, -0.15) is 0 Å². The number of rotatable bonds is 7. The van der Waals surface area contributed by atoms with E-state index in [2.05, 4.69) is 12.2 Å². The highest BCUT2D eigenvalue weighted by Gasteiger charge is 2.27. The van der Waals surface area contributed by atoms with E-state index in [0.29, 0.717) is 5.41 Å². The van der Waals surface area contributed by atoms with Crippen LogP contribution in [0.3, 0.4) is 0 Å². The minimum Gasteiger partial charge on any atom is -0.494 e. The van der Waals surface area contributed by atoms with Crippen LogP contribution in [-0.4, -0.2) is 19.7 Å². The molecule has 2 nitrogen and oxygen atoms in total. The second-order valence-corrected chi connectivity index (χ2v) is 5.71. The minimum absolute atomic E-state index is 0.556. The molecule has 0 bridgehead atoms. The number of ether oxygens (including phenoxy) is 1. The van der Waals surface area contributed by atoms with Crippen molar-refractivity contribution < 1.29 is 4.74 Å². The Hall–Kier alpha value is -1.02. The molecule has 0 amide bonds. The molecule has 2 heteroatoms. The van der Waals surface area contributed by atoms with Crippen LogP contribution in [0.4, 0.5) is 0 Å². The van der Waals surface area contributed by atoms with Crippen LogP contribution in [0.25, 0.3) is 0 Å². The van der Waals surface area contributed by atoms with Gasteiger partial charge in [-0.25, -0.2) is 0 Å². The van der Waals surface area contributed by atoms with Crippen LogP contribution in [-0.2, 0) is 0 Å². The van der Waals surface area contributed by atoms with E-state index in [1.807, 2.05) is 30.3 Å². The van der Waals surface area contributed by atoms with E-state index in [1.54, 1.807) is 0 Å². The summed E-state index contributed by atoms with van der Waals surface area (Å²) in [7, 11) is 0. The summed E-state index contributed by atoms with van der Waals surface area (Å²) < 4.78 is 5.66. The molecule has 0 aromatic heterocycles. The second-order valence-electron chi connectivity index (χ2n) is 5.71. The Bertz CT molecular complexity index is 330. The van der Waals surface area contributed by atoms with Crippen molar-refractivity contribution in [2.24, 2.45) is 5.41 Å². The minimum atomic E-state index is 0.556. The molecule has 100 valence electrons. The van der Waals surface area contributed by atoms with Crippen LogP contribution >= 0.6 is 0 Å². The Morgan fingerprint density at radius 3 is 2.61 bits per heavy atom. The largest absolute Gasteiger partial charge is 0.494 e. The van der Waals surface area contributed by atoms with Crippen molar-refractivity contribution in [2.75, 3.05) is 19.7 Å². The van der Waals surface area contributed by atoms with Gasteiger partial charge in [-0.15, -0.1) is 0 Å². The molecule has 1 aliphatic carbocycles. The predicted molar refractivity (Wildman–Crippen MR) is 76.0 cm³/mol. The van der Waals surface area contributed by atoms with E-state index < -0.39 is 0 Å². The number of hydrogen-bond donors (Lipinski definition) is 1. The third-order valence-corrected chi connectivity index (χ3v) is 3.87. The molecule has 1 aliphatic rings. The Morgan fingerprint density at radius 2 is 1.89 bits per heavy atom. The quantitative estimate of drug-likeness (QED) is 0.743. The van der Waals surface area contributed by atoms with E-state index in [0.717, 1.165) is 25.3 Å². The molecule has 2 rings (SSSR count). The van der Waals surface area contributed by atoms with Crippen molar-refractivity contribution in [1.29, 1.82) is 0 Å². The molecule has 0 spiro atoms. The maximum atomic E-state index is 5.66. The first-order valence-corrected chi connectivity index (χ1v) is 7.17. The second kappa shape index (κ2) is 6.79. The molecule has 18 heavy (non-hydrogen) atoms. The number of hydrogen-bond acceptors (Lipinski definition) is 2. The maximum Gasteiger partial charge on any atom is 0.119 e. The fourth-order valence-electron chi connectivity index (χ4n) is 2.70. The summed E-state index contributed by atoms with van der Waals surface area (Å²) >= 11 is 0. The van der Waals surface area contributed by atoms with Crippen LogP contribution in [0.1, 0.15) is 39.0 Å². The SMILES string of the molecule is CC1(CNCCCOc2ccccc2)CCCC1. The summed E-state index contributed by atoms with van der Waals surface area (Å²) in [5, 5.41) is 3.57. The summed E-state index contributed by atoms with van der Waals surface area (Å²) in [5.41, 5.74) is 0.556. The fraction of sp³-hybridized carbons (Fsp3) is 0.625. The van der Waals surface area contributed by atoms with Gasteiger partial charge in [0.25, 0.3) is 0 Å². The first-order valence-electron chi connectivity index (χ1n) is 7.17. The van der Waals surface area contributed by atoms with Crippen molar-refractivity contribution in [2.45, 2.75) is 39.0 Å². The lowest BCUT2D eigenvalue weighted by Crippen LogP contribution is -2.30. The molecule has 1 aromatic carbocycles. The van der Waals surface area contributed by atoms with Gasteiger partial charge in [0.05, 0.1) is 6.61 Å². The Kier molecular flexibility index (Phi) is 5.06. The lowest BCUT2D eigenvalue weighted by molar-refractivity contribution is 0.287. The third-order valence-electron chi connectivity index (χ3n) is 3.87. The van der Waals surface area contributed by atoms with Gasteiger partial charge in [0.2, 0.25) is 0 Å². The van der Waals surface area contributed by atoms with Crippen molar-refractivity contribution in [3.8, 4) is 5.75 Å². The van der Waals surface area contributed by atoms with Crippen molar-refractivity contribution in [3.05, 3.63) is 30.3 Å². The van der Waals surface area contributed by atoms with Crippen LogP contribution in [0.2, 0.25) is 0 Å². The van der Waals surface area contributed by atoms with Gasteiger partial charge < -0.3 is 10.1 Å². The fourth-order valence-corrected chi connectivity index (χ4v) is 2.70. The van der Waals surface area contributed by atoms with E-state index in [1.165, 1.54) is 32.2 Å². The average Bonchev–Trinajstić information content (AvgIpc) is 2.82. The van der Waals surface area contributed by atoms with E-state index in [9.17, 15) is 0 Å². The zero-order valence-corrected chi connectivity index (χ0v) is 11.5. The molecule has 0 aliphatic heterocycles. The molecular formula is C16H25NO. The van der Waals surface area contributed by atoms with Crippen molar-refractivity contribution >= 4 is 0 Å². The first kappa shape index (κ1) is 13.4. The van der Waals surface area contributed by atoms with E-state index in [-0.39, 0.29) is 0 Å². The monoisotopic (exact) mass is 247 g/mol. The Morgan fingerprint density at radius 1 is 1.17 bits per heavy atom. The van der Waals surface area contributed by atoms with Crippen LogP contribution in [0, 0.1) is 5.41 Å². The van der Waals surface area contributed by atoms with Crippen molar-refractivity contribution in [1.82, 2.24) is 5.32 Å². The Balaban J connectivity index is 1.51. The summed E-state index contributed by atoms with van der Waals surface area (Å²) in [6, 6.07) is 10.0. The molecule has 1 N–H and O–H groups in total. The smallest absolute Gasteiger partial charge is 0.119 e. The van der Waals surface area contributed by atoms with Gasteiger partial charge in [0.1, 0.15) is 5.75 Å². The van der Waals surface area contributed by atoms with Gasteiger partial charge in [-0.1, -0.05) is 38.0 Å². The molecule has 0 saturated heterocycles. The zero-order valence-electron chi connectivity index (χ0n) is 11.5. The van der Waals surface area contributed by atoms with E-state index >= 15 is 0 Å². The molecular weight excluding hydrogens is 222 g/mol. The number of nitrogens with one attached hydrogen (secondary N) is 1. The standard InChI is InChI=1S/C16H25NO/c1-16(10-5-6-11-16)14-17-12-7-13-18-15-8-3-2-4-9-15/h2-4,8-9,17H,5-7,10-14H2,1H3. The number of benzene rings is 1. The normalized spacial score (nSPS) is 17.8. The van der Waals surface area contributed by atoms with Gasteiger partial charge >= 0.3 is 0 Å². The lowest BCUT2D eigenvalue weighted by Gasteiger charge is -2.23. The molecule has 0 radical (unpaired) electrons. The molecule has 1 aromatic rings.